The van der Waals surface area contributed by atoms with Gasteiger partial charge in [0.2, 0.25) is 5.91 Å². The first-order valence-corrected chi connectivity index (χ1v) is 9.63. The van der Waals surface area contributed by atoms with E-state index in [1.165, 1.54) is 0 Å². The number of nitrogens with zero attached hydrogens (tertiary/aromatic N) is 1. The Morgan fingerprint density at radius 3 is 2.59 bits per heavy atom. The van der Waals surface area contributed by atoms with Gasteiger partial charge in [-0.25, -0.2) is 0 Å². The molecule has 3 rings (SSSR count). The molecule has 1 aromatic carbocycles. The summed E-state index contributed by atoms with van der Waals surface area (Å²) >= 11 is 0. The number of rotatable bonds is 10. The van der Waals surface area contributed by atoms with Crippen LogP contribution in [-0.2, 0) is 14.3 Å². The van der Waals surface area contributed by atoms with Crippen LogP contribution in [0.5, 0.6) is 0 Å². The molecule has 29 heavy (non-hydrogen) atoms. The Bertz CT molecular complexity index is 771. The molecule has 2 aliphatic heterocycles. The van der Waals surface area contributed by atoms with Crippen LogP contribution in [0.1, 0.15) is 33.6 Å². The van der Waals surface area contributed by atoms with Gasteiger partial charge < -0.3 is 30.9 Å². The molecular formula is C19H26N4O6. The van der Waals surface area contributed by atoms with Crippen molar-refractivity contribution in [3.63, 3.8) is 0 Å². The molecule has 1 aromatic rings. The zero-order valence-corrected chi connectivity index (χ0v) is 16.1. The van der Waals surface area contributed by atoms with Crippen LogP contribution in [0.4, 0.5) is 5.69 Å². The van der Waals surface area contributed by atoms with Gasteiger partial charge in [0, 0.05) is 18.8 Å². The average Bonchev–Trinajstić information content (AvgIpc) is 2.95. The van der Waals surface area contributed by atoms with E-state index in [1.54, 1.807) is 18.2 Å². The molecule has 1 saturated heterocycles. The number of aliphatic hydroxyl groups excluding tert-OH is 1. The van der Waals surface area contributed by atoms with Gasteiger partial charge in [0.15, 0.2) is 0 Å². The summed E-state index contributed by atoms with van der Waals surface area (Å²) in [7, 11) is 0. The third-order valence-corrected chi connectivity index (χ3v) is 4.78. The van der Waals surface area contributed by atoms with Gasteiger partial charge in [-0.15, -0.1) is 0 Å². The predicted molar refractivity (Wildman–Crippen MR) is 103 cm³/mol. The Labute approximate surface area is 168 Å². The molecule has 1 fully saturated rings. The highest BCUT2D eigenvalue weighted by Crippen LogP contribution is 2.32. The summed E-state index contributed by atoms with van der Waals surface area (Å²) in [6.07, 6.45) is -0.449. The lowest BCUT2D eigenvalue weighted by Gasteiger charge is -2.31. The minimum absolute atomic E-state index is 0.224. The van der Waals surface area contributed by atoms with Crippen molar-refractivity contribution in [1.29, 1.82) is 0 Å². The standard InChI is InChI=1S/C19H26N4O6/c20-6-8-28-10-11-29-9-7-21-13-3-1-2-12-16(13)19(27)23(18(12)26)14-4-5-15(24)22-17(14)25/h1-3,14-15,21,24H,4-11,20H2,(H,22,25). The van der Waals surface area contributed by atoms with Crippen LogP contribution in [0.25, 0.3) is 0 Å². The molecular weight excluding hydrogens is 380 g/mol. The molecule has 2 unspecified atom stereocenters. The quantitative estimate of drug-likeness (QED) is 0.295. The van der Waals surface area contributed by atoms with Crippen molar-refractivity contribution < 1.29 is 29.0 Å². The topological polar surface area (TPSA) is 143 Å². The Hall–Kier alpha value is -2.53. The van der Waals surface area contributed by atoms with Gasteiger partial charge >= 0.3 is 0 Å². The summed E-state index contributed by atoms with van der Waals surface area (Å²) in [5, 5.41) is 15.0. The molecule has 10 heteroatoms. The summed E-state index contributed by atoms with van der Waals surface area (Å²) < 4.78 is 10.7. The Morgan fingerprint density at radius 2 is 1.86 bits per heavy atom. The lowest BCUT2D eigenvalue weighted by atomic mass is 10.0. The fourth-order valence-electron chi connectivity index (χ4n) is 3.42. The maximum Gasteiger partial charge on any atom is 0.264 e. The van der Waals surface area contributed by atoms with E-state index in [0.717, 1.165) is 4.90 Å². The highest BCUT2D eigenvalue weighted by molar-refractivity contribution is 6.25. The van der Waals surface area contributed by atoms with E-state index in [0.29, 0.717) is 45.2 Å². The summed E-state index contributed by atoms with van der Waals surface area (Å²) in [5.41, 5.74) is 6.36. The van der Waals surface area contributed by atoms with Crippen LogP contribution in [0.2, 0.25) is 0 Å². The molecule has 0 saturated carbocycles. The van der Waals surface area contributed by atoms with Gasteiger partial charge in [0.25, 0.3) is 11.8 Å². The number of ether oxygens (including phenoxy) is 2. The second kappa shape index (κ2) is 9.79. The van der Waals surface area contributed by atoms with Gasteiger partial charge in [-0.2, -0.15) is 0 Å². The number of piperidine rings is 1. The lowest BCUT2D eigenvalue weighted by molar-refractivity contribution is -0.131. The van der Waals surface area contributed by atoms with E-state index in [2.05, 4.69) is 10.6 Å². The molecule has 2 aliphatic rings. The minimum Gasteiger partial charge on any atom is -0.382 e. The second-order valence-electron chi connectivity index (χ2n) is 6.77. The van der Waals surface area contributed by atoms with E-state index in [1.807, 2.05) is 0 Å². The molecule has 5 N–H and O–H groups in total. The molecule has 10 nitrogen and oxygen atoms in total. The molecule has 0 aromatic heterocycles. The molecule has 0 bridgehead atoms. The molecule has 2 atom stereocenters. The first kappa shape index (κ1) is 21.2. The molecule has 158 valence electrons. The van der Waals surface area contributed by atoms with E-state index >= 15 is 0 Å². The maximum absolute atomic E-state index is 13.0. The highest BCUT2D eigenvalue weighted by atomic mass is 16.5. The number of nitrogens with one attached hydrogen (secondary N) is 2. The maximum atomic E-state index is 13.0. The summed E-state index contributed by atoms with van der Waals surface area (Å²) in [5.74, 6) is -1.54. The van der Waals surface area contributed by atoms with Crippen LogP contribution in [0.15, 0.2) is 18.2 Å². The zero-order chi connectivity index (χ0) is 20.8. The smallest absolute Gasteiger partial charge is 0.264 e. The number of benzene rings is 1. The number of hydrogen-bond acceptors (Lipinski definition) is 8. The fourth-order valence-corrected chi connectivity index (χ4v) is 3.42. The van der Waals surface area contributed by atoms with Crippen molar-refractivity contribution in [2.75, 3.05) is 44.8 Å². The molecule has 0 aliphatic carbocycles. The normalized spacial score (nSPS) is 21.3. The van der Waals surface area contributed by atoms with E-state index in [-0.39, 0.29) is 24.0 Å². The number of hydrogen-bond donors (Lipinski definition) is 4. The van der Waals surface area contributed by atoms with Gasteiger partial charge in [-0.3, -0.25) is 19.3 Å². The number of fused-ring (bicyclic) bond motifs is 1. The largest absolute Gasteiger partial charge is 0.382 e. The Balaban J connectivity index is 1.60. The van der Waals surface area contributed by atoms with Gasteiger partial charge in [-0.05, 0) is 25.0 Å². The molecule has 2 heterocycles. The molecule has 0 radical (unpaired) electrons. The van der Waals surface area contributed by atoms with E-state index < -0.39 is 30.0 Å². The van der Waals surface area contributed by atoms with Crippen molar-refractivity contribution >= 4 is 23.4 Å². The molecule has 0 spiro atoms. The Morgan fingerprint density at radius 1 is 1.10 bits per heavy atom. The van der Waals surface area contributed by atoms with Gasteiger partial charge in [0.1, 0.15) is 12.3 Å². The number of nitrogens with two attached hydrogens (primary N) is 1. The van der Waals surface area contributed by atoms with Crippen LogP contribution in [-0.4, -0.2) is 79.5 Å². The van der Waals surface area contributed by atoms with Crippen molar-refractivity contribution in [1.82, 2.24) is 10.2 Å². The number of carbonyl (C=O) groups excluding carboxylic acids is 3. The minimum atomic E-state index is -0.952. The number of aliphatic hydroxyl groups is 1. The number of carbonyl (C=O) groups is 3. The van der Waals surface area contributed by atoms with Gasteiger partial charge in [0.05, 0.1) is 37.6 Å². The van der Waals surface area contributed by atoms with E-state index in [4.69, 9.17) is 15.2 Å². The SMILES string of the molecule is NCCOCCOCCNc1cccc2c1C(=O)N(C1CCC(O)NC1=O)C2=O. The van der Waals surface area contributed by atoms with Crippen LogP contribution in [0, 0.1) is 0 Å². The van der Waals surface area contributed by atoms with Crippen LogP contribution in [0.3, 0.4) is 0 Å². The van der Waals surface area contributed by atoms with Crippen molar-refractivity contribution in [2.24, 2.45) is 5.73 Å². The third kappa shape index (κ3) is 4.73. The van der Waals surface area contributed by atoms with E-state index in [9.17, 15) is 19.5 Å². The zero-order valence-electron chi connectivity index (χ0n) is 16.1. The lowest BCUT2D eigenvalue weighted by Crippen LogP contribution is -2.55. The second-order valence-corrected chi connectivity index (χ2v) is 6.77. The van der Waals surface area contributed by atoms with Crippen molar-refractivity contribution in [3.8, 4) is 0 Å². The summed E-state index contributed by atoms with van der Waals surface area (Å²) in [6, 6.07) is 4.04. The highest BCUT2D eigenvalue weighted by Gasteiger charge is 2.45. The predicted octanol–water partition coefficient (Wildman–Crippen LogP) is -0.717. The van der Waals surface area contributed by atoms with Crippen molar-refractivity contribution in [2.45, 2.75) is 25.1 Å². The van der Waals surface area contributed by atoms with Crippen LogP contribution >= 0.6 is 0 Å². The first-order chi connectivity index (χ1) is 14.0. The number of amides is 3. The summed E-state index contributed by atoms with van der Waals surface area (Å²) in [4.78, 5) is 38.9. The van der Waals surface area contributed by atoms with Crippen molar-refractivity contribution in [3.05, 3.63) is 29.3 Å². The monoisotopic (exact) mass is 406 g/mol. The van der Waals surface area contributed by atoms with Gasteiger partial charge in [-0.1, -0.05) is 6.07 Å². The Kier molecular flexibility index (Phi) is 7.15. The number of anilines is 1. The third-order valence-electron chi connectivity index (χ3n) is 4.78. The molecule has 3 amide bonds. The number of imide groups is 1. The first-order valence-electron chi connectivity index (χ1n) is 9.63. The average molecular weight is 406 g/mol. The summed E-state index contributed by atoms with van der Waals surface area (Å²) in [6.45, 7) is 2.67. The van der Waals surface area contributed by atoms with Crippen LogP contribution < -0.4 is 16.4 Å². The fraction of sp³-hybridized carbons (Fsp3) is 0.526.